The summed E-state index contributed by atoms with van der Waals surface area (Å²) in [5.41, 5.74) is 0. The lowest BCUT2D eigenvalue weighted by atomic mass is 10.4. The molecule has 0 saturated heterocycles. The van der Waals surface area contributed by atoms with Gasteiger partial charge >= 0.3 is 0 Å². The highest BCUT2D eigenvalue weighted by atomic mass is 79.9. The maximum atomic E-state index is 12.0. The number of rotatable bonds is 5. The van der Waals surface area contributed by atoms with Crippen molar-refractivity contribution in [2.75, 3.05) is 20.6 Å². The molecular formula is C10H13BrClN3O3S. The van der Waals surface area contributed by atoms with E-state index in [4.69, 9.17) is 11.6 Å². The Balaban J connectivity index is 2.77. The third kappa shape index (κ3) is 4.72. The summed E-state index contributed by atoms with van der Waals surface area (Å²) in [6.07, 6.45) is 1.47. The Kier molecular flexibility index (Phi) is 5.72. The zero-order valence-corrected chi connectivity index (χ0v) is 13.5. The molecule has 19 heavy (non-hydrogen) atoms. The Labute approximate surface area is 125 Å². The molecule has 1 N–H and O–H groups in total. The lowest BCUT2D eigenvalue weighted by molar-refractivity contribution is -0.128. The molecule has 9 heteroatoms. The van der Waals surface area contributed by atoms with E-state index in [9.17, 15) is 13.2 Å². The SMILES string of the molecule is CN(C)C(=O)CCNS(=O)(=O)c1cc(Br)cnc1Cl. The van der Waals surface area contributed by atoms with Crippen molar-refractivity contribution in [2.45, 2.75) is 11.3 Å². The summed E-state index contributed by atoms with van der Waals surface area (Å²) >= 11 is 8.87. The van der Waals surface area contributed by atoms with Gasteiger partial charge in [-0.2, -0.15) is 0 Å². The molecule has 0 saturated carbocycles. The second-order valence-corrected chi connectivity index (χ2v) is 6.89. The molecule has 0 radical (unpaired) electrons. The van der Waals surface area contributed by atoms with Gasteiger partial charge in [0.2, 0.25) is 15.9 Å². The van der Waals surface area contributed by atoms with Crippen LogP contribution in [0.2, 0.25) is 5.15 Å². The second-order valence-electron chi connectivity index (χ2n) is 3.88. The topological polar surface area (TPSA) is 79.4 Å². The van der Waals surface area contributed by atoms with Crippen LogP contribution in [-0.4, -0.2) is 44.8 Å². The number of hydrogen-bond acceptors (Lipinski definition) is 4. The van der Waals surface area contributed by atoms with E-state index in [1.807, 2.05) is 0 Å². The monoisotopic (exact) mass is 369 g/mol. The first-order valence-electron chi connectivity index (χ1n) is 5.25. The molecule has 0 aliphatic carbocycles. The van der Waals surface area contributed by atoms with E-state index in [0.29, 0.717) is 4.47 Å². The van der Waals surface area contributed by atoms with Crippen LogP contribution in [0.5, 0.6) is 0 Å². The van der Waals surface area contributed by atoms with E-state index in [1.165, 1.54) is 17.2 Å². The van der Waals surface area contributed by atoms with Crippen molar-refractivity contribution in [2.24, 2.45) is 0 Å². The molecule has 0 spiro atoms. The Morgan fingerprint density at radius 1 is 1.53 bits per heavy atom. The minimum atomic E-state index is -3.78. The first-order valence-corrected chi connectivity index (χ1v) is 7.90. The number of aromatic nitrogens is 1. The van der Waals surface area contributed by atoms with E-state index >= 15 is 0 Å². The van der Waals surface area contributed by atoms with Gasteiger partial charge in [-0.3, -0.25) is 4.79 Å². The lowest BCUT2D eigenvalue weighted by Gasteiger charge is -2.11. The molecule has 1 aromatic heterocycles. The average molecular weight is 371 g/mol. The number of nitrogens with one attached hydrogen (secondary N) is 1. The maximum absolute atomic E-state index is 12.0. The molecule has 1 amide bonds. The first-order chi connectivity index (χ1) is 8.74. The van der Waals surface area contributed by atoms with Crippen LogP contribution in [0.4, 0.5) is 0 Å². The zero-order chi connectivity index (χ0) is 14.6. The number of carbonyl (C=O) groups is 1. The van der Waals surface area contributed by atoms with Crippen molar-refractivity contribution >= 4 is 43.5 Å². The predicted octanol–water partition coefficient (Wildman–Crippen LogP) is 1.25. The summed E-state index contributed by atoms with van der Waals surface area (Å²) < 4.78 is 26.8. The quantitative estimate of drug-likeness (QED) is 0.791. The Hall–Kier alpha value is -0.700. The molecule has 0 aliphatic heterocycles. The van der Waals surface area contributed by atoms with Gasteiger partial charge in [-0.1, -0.05) is 11.6 Å². The van der Waals surface area contributed by atoms with Crippen LogP contribution < -0.4 is 4.72 Å². The molecule has 6 nitrogen and oxygen atoms in total. The highest BCUT2D eigenvalue weighted by molar-refractivity contribution is 9.10. The Morgan fingerprint density at radius 3 is 2.74 bits per heavy atom. The molecule has 0 aliphatic rings. The minimum absolute atomic E-state index is 0.00217. The fraction of sp³-hybridized carbons (Fsp3) is 0.400. The maximum Gasteiger partial charge on any atom is 0.243 e. The third-order valence-corrected chi connectivity index (χ3v) is 4.51. The zero-order valence-electron chi connectivity index (χ0n) is 10.4. The van der Waals surface area contributed by atoms with Crippen LogP contribution in [0.25, 0.3) is 0 Å². The van der Waals surface area contributed by atoms with E-state index < -0.39 is 10.0 Å². The number of nitrogens with zero attached hydrogens (tertiary/aromatic N) is 2. The van der Waals surface area contributed by atoms with Gasteiger partial charge in [0.25, 0.3) is 0 Å². The van der Waals surface area contributed by atoms with Gasteiger partial charge in [0.1, 0.15) is 10.0 Å². The summed E-state index contributed by atoms with van der Waals surface area (Å²) in [7, 11) is -0.574. The molecule has 0 bridgehead atoms. The summed E-state index contributed by atoms with van der Waals surface area (Å²) in [6, 6.07) is 1.35. The number of pyridine rings is 1. The second kappa shape index (κ2) is 6.65. The van der Waals surface area contributed by atoms with Gasteiger partial charge < -0.3 is 4.90 Å². The number of amides is 1. The van der Waals surface area contributed by atoms with Crippen LogP contribution in [0, 0.1) is 0 Å². The molecule has 0 aromatic carbocycles. The van der Waals surface area contributed by atoms with Gasteiger partial charge in [-0.25, -0.2) is 18.1 Å². The van der Waals surface area contributed by atoms with Crippen molar-refractivity contribution in [1.29, 1.82) is 0 Å². The van der Waals surface area contributed by atoms with Gasteiger partial charge in [0, 0.05) is 37.7 Å². The fourth-order valence-corrected chi connectivity index (χ4v) is 3.16. The van der Waals surface area contributed by atoms with Gasteiger partial charge in [0.15, 0.2) is 0 Å². The number of hydrogen-bond donors (Lipinski definition) is 1. The molecule has 1 aromatic rings. The molecule has 106 valence electrons. The van der Waals surface area contributed by atoms with Crippen LogP contribution >= 0.6 is 27.5 Å². The average Bonchev–Trinajstić information content (AvgIpc) is 2.31. The van der Waals surface area contributed by atoms with Crippen LogP contribution in [0.3, 0.4) is 0 Å². The van der Waals surface area contributed by atoms with Gasteiger partial charge in [0.05, 0.1) is 0 Å². The largest absolute Gasteiger partial charge is 0.349 e. The van der Waals surface area contributed by atoms with E-state index in [-0.39, 0.29) is 28.9 Å². The van der Waals surface area contributed by atoms with Crippen LogP contribution in [0.15, 0.2) is 21.6 Å². The van der Waals surface area contributed by atoms with Gasteiger partial charge in [-0.05, 0) is 22.0 Å². The molecular weight excluding hydrogens is 358 g/mol. The summed E-state index contributed by atoms with van der Waals surface area (Å²) in [5.74, 6) is -0.166. The van der Waals surface area contributed by atoms with Gasteiger partial charge in [-0.15, -0.1) is 0 Å². The standard InChI is InChI=1S/C10H13BrClN3O3S/c1-15(2)9(16)3-4-14-19(17,18)8-5-7(11)6-13-10(8)12/h5-6,14H,3-4H2,1-2H3. The van der Waals surface area contributed by atoms with Crippen molar-refractivity contribution in [3.05, 3.63) is 21.9 Å². The fourth-order valence-electron chi connectivity index (χ4n) is 1.19. The highest BCUT2D eigenvalue weighted by Crippen LogP contribution is 2.22. The predicted molar refractivity (Wildman–Crippen MR) is 75.4 cm³/mol. The van der Waals surface area contributed by atoms with Crippen LogP contribution in [-0.2, 0) is 14.8 Å². The minimum Gasteiger partial charge on any atom is -0.349 e. The number of halogens is 2. The molecule has 0 atom stereocenters. The lowest BCUT2D eigenvalue weighted by Crippen LogP contribution is -2.30. The van der Waals surface area contributed by atoms with Crippen molar-refractivity contribution < 1.29 is 13.2 Å². The highest BCUT2D eigenvalue weighted by Gasteiger charge is 2.19. The third-order valence-electron chi connectivity index (χ3n) is 2.19. The summed E-state index contributed by atoms with van der Waals surface area (Å²) in [4.78, 5) is 16.3. The van der Waals surface area contributed by atoms with Crippen molar-refractivity contribution in [3.8, 4) is 0 Å². The van der Waals surface area contributed by atoms with Crippen molar-refractivity contribution in [1.82, 2.24) is 14.6 Å². The molecule has 0 fully saturated rings. The Morgan fingerprint density at radius 2 is 2.16 bits per heavy atom. The number of carbonyl (C=O) groups excluding carboxylic acids is 1. The normalized spacial score (nSPS) is 11.4. The van der Waals surface area contributed by atoms with E-state index in [1.54, 1.807) is 14.1 Å². The summed E-state index contributed by atoms with van der Waals surface area (Å²) in [6.45, 7) is 0.00217. The number of sulfonamides is 1. The molecule has 0 unspecified atom stereocenters. The van der Waals surface area contributed by atoms with Crippen LogP contribution in [0.1, 0.15) is 6.42 Å². The van der Waals surface area contributed by atoms with E-state index in [2.05, 4.69) is 25.6 Å². The molecule has 1 rings (SSSR count). The van der Waals surface area contributed by atoms with Crippen molar-refractivity contribution in [3.63, 3.8) is 0 Å². The van der Waals surface area contributed by atoms with E-state index in [0.717, 1.165) is 0 Å². The Bertz CT molecular complexity index is 577. The molecule has 1 heterocycles. The smallest absolute Gasteiger partial charge is 0.243 e. The summed E-state index contributed by atoms with van der Waals surface area (Å²) in [5, 5.41) is -0.116. The first kappa shape index (κ1) is 16.4.